The average molecular weight is 810 g/mol. The minimum atomic E-state index is 0. The molecule has 0 aliphatic rings. The van der Waals surface area contributed by atoms with Gasteiger partial charge in [0.05, 0.1) is 11.2 Å². The van der Waals surface area contributed by atoms with Crippen LogP contribution in [0, 0.1) is 6.07 Å². The van der Waals surface area contributed by atoms with Crippen LogP contribution in [-0.4, -0.2) is 19.6 Å². The maximum Gasteiger partial charge on any atom is 0.144 e. The molecule has 1 N–H and O–H groups in total. The summed E-state index contributed by atoms with van der Waals surface area (Å²) in [5, 5.41) is 16.2. The van der Waals surface area contributed by atoms with Gasteiger partial charge in [0.15, 0.2) is 0 Å². The van der Waals surface area contributed by atoms with Gasteiger partial charge in [0.25, 0.3) is 0 Å². The quantitative estimate of drug-likeness (QED) is 0.176. The minimum absolute atomic E-state index is 0. The van der Waals surface area contributed by atoms with Crippen molar-refractivity contribution in [3.8, 4) is 56.2 Å². The van der Waals surface area contributed by atoms with Gasteiger partial charge in [0.1, 0.15) is 11.4 Å². The van der Waals surface area contributed by atoms with Gasteiger partial charge in [-0.3, -0.25) is 4.98 Å². The Morgan fingerprint density at radius 1 is 0.551 bits per heavy atom. The molecule has 0 atom stereocenters. The van der Waals surface area contributed by atoms with E-state index in [2.05, 4.69) is 95.6 Å². The first-order chi connectivity index (χ1) is 23.7. The summed E-state index contributed by atoms with van der Waals surface area (Å²) < 4.78 is 2.17. The van der Waals surface area contributed by atoms with Crippen LogP contribution in [0.3, 0.4) is 0 Å². The predicted molar refractivity (Wildman–Crippen MR) is 196 cm³/mol. The molecular formula is C44H28N3OPt-. The molecule has 0 bridgehead atoms. The zero-order valence-electron chi connectivity index (χ0n) is 26.2. The van der Waals surface area contributed by atoms with E-state index in [4.69, 9.17) is 9.97 Å². The number of aromatic nitrogens is 3. The van der Waals surface area contributed by atoms with Crippen molar-refractivity contribution < 1.29 is 26.2 Å². The first-order valence-corrected chi connectivity index (χ1v) is 16.0. The summed E-state index contributed by atoms with van der Waals surface area (Å²) in [5.41, 5.74) is 9.62. The average Bonchev–Trinajstić information content (AvgIpc) is 3.50. The Morgan fingerprint density at radius 3 is 2.04 bits per heavy atom. The molecule has 0 saturated carbocycles. The Bertz CT molecular complexity index is 2580. The number of benzene rings is 6. The molecule has 0 radical (unpaired) electrons. The van der Waals surface area contributed by atoms with E-state index in [0.29, 0.717) is 11.3 Å². The largest absolute Gasteiger partial charge is 0.507 e. The van der Waals surface area contributed by atoms with Crippen molar-refractivity contribution in [3.63, 3.8) is 0 Å². The van der Waals surface area contributed by atoms with Gasteiger partial charge in [0, 0.05) is 49.2 Å². The Labute approximate surface area is 298 Å². The van der Waals surface area contributed by atoms with E-state index in [1.807, 2.05) is 79.0 Å². The Hall–Kier alpha value is -5.83. The number of hydrogen-bond donors (Lipinski definition) is 1. The molecule has 236 valence electrons. The standard InChI is InChI=1S/C44H28N3O.Pt/c48-43-38(30-15-5-2-6-16-30)26-33(29-13-3-1-4-14-29)27-39(43)40-28-31-17-7-8-20-35(31)42(46-40)32-18-11-19-34(25-32)47-41-23-10-9-21-36(41)37-22-12-24-45-44(37)47;/h1-24,26-28,48H;/q-1;. The van der Waals surface area contributed by atoms with Gasteiger partial charge in [-0.25, -0.2) is 4.98 Å². The summed E-state index contributed by atoms with van der Waals surface area (Å²) in [6, 6.07) is 57.1. The molecule has 9 rings (SSSR count). The number of aromatic hydroxyl groups is 1. The molecule has 0 saturated heterocycles. The van der Waals surface area contributed by atoms with Crippen LogP contribution < -0.4 is 0 Å². The van der Waals surface area contributed by atoms with Gasteiger partial charge in [-0.05, 0) is 75.2 Å². The fourth-order valence-electron chi connectivity index (χ4n) is 6.77. The van der Waals surface area contributed by atoms with Crippen LogP contribution in [0.25, 0.3) is 83.2 Å². The van der Waals surface area contributed by atoms with Gasteiger partial charge in [-0.15, -0.1) is 29.8 Å². The van der Waals surface area contributed by atoms with Crippen molar-refractivity contribution >= 4 is 32.7 Å². The Morgan fingerprint density at radius 2 is 1.22 bits per heavy atom. The first kappa shape index (κ1) is 30.5. The fraction of sp³-hybridized carbons (Fsp3) is 0. The number of phenols is 1. The third-order valence-electron chi connectivity index (χ3n) is 9.03. The molecule has 3 aromatic heterocycles. The second kappa shape index (κ2) is 12.6. The smallest absolute Gasteiger partial charge is 0.144 e. The van der Waals surface area contributed by atoms with Crippen molar-refractivity contribution in [2.24, 2.45) is 0 Å². The zero-order chi connectivity index (χ0) is 32.0. The van der Waals surface area contributed by atoms with E-state index in [9.17, 15) is 5.11 Å². The van der Waals surface area contributed by atoms with Crippen molar-refractivity contribution in [1.82, 2.24) is 14.5 Å². The van der Waals surface area contributed by atoms with Crippen LogP contribution in [0.1, 0.15) is 0 Å². The molecule has 3 heterocycles. The van der Waals surface area contributed by atoms with Gasteiger partial charge < -0.3 is 9.67 Å². The molecule has 9 aromatic rings. The molecule has 0 unspecified atom stereocenters. The summed E-state index contributed by atoms with van der Waals surface area (Å²) >= 11 is 0. The van der Waals surface area contributed by atoms with Crippen LogP contribution in [-0.2, 0) is 21.1 Å². The molecule has 0 aliphatic heterocycles. The number of rotatable bonds is 5. The minimum Gasteiger partial charge on any atom is -0.507 e. The molecule has 0 amide bonds. The van der Waals surface area contributed by atoms with Crippen molar-refractivity contribution in [1.29, 1.82) is 0 Å². The summed E-state index contributed by atoms with van der Waals surface area (Å²) in [5.74, 6) is 0.198. The van der Waals surface area contributed by atoms with E-state index >= 15 is 0 Å². The molecule has 5 heteroatoms. The molecule has 0 fully saturated rings. The van der Waals surface area contributed by atoms with Crippen LogP contribution in [0.4, 0.5) is 0 Å². The zero-order valence-corrected chi connectivity index (χ0v) is 28.5. The van der Waals surface area contributed by atoms with E-state index in [-0.39, 0.29) is 26.8 Å². The third-order valence-corrected chi connectivity index (χ3v) is 9.03. The molecule has 6 aromatic carbocycles. The topological polar surface area (TPSA) is 50.9 Å². The molecule has 4 nitrogen and oxygen atoms in total. The Balaban J connectivity index is 0.00000348. The van der Waals surface area contributed by atoms with E-state index in [0.717, 1.165) is 71.9 Å². The van der Waals surface area contributed by atoms with Gasteiger partial charge in [-0.2, -0.15) is 0 Å². The van der Waals surface area contributed by atoms with Crippen molar-refractivity contribution in [2.75, 3.05) is 0 Å². The number of phenolic OH excluding ortho intramolecular Hbond substituents is 1. The first-order valence-electron chi connectivity index (χ1n) is 16.0. The SMILES string of the molecule is Oc1c(-c2ccccc2)cc(-c2ccccc2)cc1-c1cc2ccccc2c(-c2[c-]c(-n3c4ccccc4c4cccnc43)ccc2)n1.[Pt]. The molecule has 0 spiro atoms. The van der Waals surface area contributed by atoms with E-state index in [1.54, 1.807) is 0 Å². The number of pyridine rings is 2. The van der Waals surface area contributed by atoms with Crippen LogP contribution in [0.5, 0.6) is 5.75 Å². The summed E-state index contributed by atoms with van der Waals surface area (Å²) in [4.78, 5) is 10.1. The second-order valence-electron chi connectivity index (χ2n) is 11.9. The summed E-state index contributed by atoms with van der Waals surface area (Å²) in [7, 11) is 0. The van der Waals surface area contributed by atoms with Gasteiger partial charge in [-0.1, -0.05) is 103 Å². The molecular weight excluding hydrogens is 782 g/mol. The van der Waals surface area contributed by atoms with Gasteiger partial charge >= 0.3 is 0 Å². The van der Waals surface area contributed by atoms with Crippen LogP contribution in [0.2, 0.25) is 0 Å². The third kappa shape index (κ3) is 5.31. The van der Waals surface area contributed by atoms with Crippen LogP contribution in [0.15, 0.2) is 164 Å². The maximum absolute atomic E-state index is 11.9. The number of para-hydroxylation sites is 1. The molecule has 0 aliphatic carbocycles. The predicted octanol–water partition coefficient (Wildman–Crippen LogP) is 10.9. The normalized spacial score (nSPS) is 11.2. The number of fused-ring (bicyclic) bond motifs is 4. The van der Waals surface area contributed by atoms with E-state index < -0.39 is 0 Å². The summed E-state index contributed by atoms with van der Waals surface area (Å²) in [6.07, 6.45) is 1.83. The molecule has 49 heavy (non-hydrogen) atoms. The second-order valence-corrected chi connectivity index (χ2v) is 11.9. The Kier molecular flexibility index (Phi) is 7.87. The summed E-state index contributed by atoms with van der Waals surface area (Å²) in [6.45, 7) is 0. The van der Waals surface area contributed by atoms with Crippen molar-refractivity contribution in [2.45, 2.75) is 0 Å². The van der Waals surface area contributed by atoms with Crippen LogP contribution >= 0.6 is 0 Å². The van der Waals surface area contributed by atoms with Gasteiger partial charge in [0.2, 0.25) is 0 Å². The monoisotopic (exact) mass is 809 g/mol. The number of hydrogen-bond acceptors (Lipinski definition) is 3. The number of nitrogens with zero attached hydrogens (tertiary/aromatic N) is 3. The van der Waals surface area contributed by atoms with Crippen molar-refractivity contribution in [3.05, 3.63) is 170 Å². The van der Waals surface area contributed by atoms with E-state index in [1.165, 1.54) is 0 Å². The fourth-order valence-corrected chi connectivity index (χ4v) is 6.77. The maximum atomic E-state index is 11.9.